The van der Waals surface area contributed by atoms with Crippen molar-refractivity contribution in [1.29, 1.82) is 0 Å². The number of hydrogen-bond acceptors (Lipinski definition) is 4. The van der Waals surface area contributed by atoms with Crippen LogP contribution in [0, 0.1) is 16.0 Å². The van der Waals surface area contributed by atoms with E-state index >= 15 is 0 Å². The molecule has 0 saturated carbocycles. The Hall–Kier alpha value is -2.37. The van der Waals surface area contributed by atoms with Crippen LogP contribution in [0.15, 0.2) is 24.3 Å². The zero-order chi connectivity index (χ0) is 16.2. The van der Waals surface area contributed by atoms with Gasteiger partial charge in [-0.3, -0.25) is 10.1 Å². The van der Waals surface area contributed by atoms with Crippen molar-refractivity contribution >= 4 is 23.4 Å². The molecule has 0 heterocycles. The molecule has 1 aromatic rings. The van der Waals surface area contributed by atoms with Crippen molar-refractivity contribution in [1.82, 2.24) is 0 Å². The van der Waals surface area contributed by atoms with Crippen LogP contribution < -0.4 is 4.90 Å². The van der Waals surface area contributed by atoms with Crippen LogP contribution in [0.4, 0.5) is 11.4 Å². The van der Waals surface area contributed by atoms with Gasteiger partial charge in [-0.2, -0.15) is 0 Å². The summed E-state index contributed by atoms with van der Waals surface area (Å²) in [6, 6.07) is 4.97. The number of carboxylic acid groups (broad SMARTS) is 1. The van der Waals surface area contributed by atoms with Crippen LogP contribution in [0.3, 0.4) is 0 Å². The smallest absolute Gasteiger partial charge is 0.328 e. The number of anilines is 1. The third kappa shape index (κ3) is 4.30. The number of nitro benzene ring substituents is 1. The van der Waals surface area contributed by atoms with E-state index < -0.39 is 10.9 Å². The van der Waals surface area contributed by atoms with Gasteiger partial charge in [0.2, 0.25) is 0 Å². The van der Waals surface area contributed by atoms with Gasteiger partial charge in [-0.25, -0.2) is 4.79 Å². The van der Waals surface area contributed by atoms with Crippen LogP contribution in [0.2, 0.25) is 0 Å². The van der Waals surface area contributed by atoms with Crippen LogP contribution in [0.25, 0.3) is 6.08 Å². The van der Waals surface area contributed by atoms with Gasteiger partial charge in [0.15, 0.2) is 0 Å². The molecule has 0 aliphatic heterocycles. The highest BCUT2D eigenvalue weighted by Gasteiger charge is 2.17. The van der Waals surface area contributed by atoms with Gasteiger partial charge in [-0.15, -0.1) is 0 Å². The fourth-order valence-electron chi connectivity index (χ4n) is 1.90. The van der Waals surface area contributed by atoms with E-state index in [0.29, 0.717) is 5.92 Å². The van der Waals surface area contributed by atoms with Crippen molar-refractivity contribution in [2.75, 3.05) is 11.9 Å². The van der Waals surface area contributed by atoms with Crippen molar-refractivity contribution < 1.29 is 14.8 Å². The van der Waals surface area contributed by atoms with Crippen LogP contribution in [-0.2, 0) is 4.79 Å². The van der Waals surface area contributed by atoms with E-state index in [-0.39, 0.29) is 17.3 Å². The Morgan fingerprint density at radius 3 is 2.48 bits per heavy atom. The van der Waals surface area contributed by atoms with Crippen LogP contribution >= 0.6 is 0 Å². The lowest BCUT2D eigenvalue weighted by Crippen LogP contribution is -2.33. The molecule has 1 rings (SSSR count). The Balaban J connectivity index is 3.23. The van der Waals surface area contributed by atoms with E-state index in [0.717, 1.165) is 11.8 Å². The summed E-state index contributed by atoms with van der Waals surface area (Å²) < 4.78 is 0. The van der Waals surface area contributed by atoms with E-state index in [1.54, 1.807) is 12.1 Å². The molecule has 1 N–H and O–H groups in total. The van der Waals surface area contributed by atoms with Gasteiger partial charge in [0.05, 0.1) is 10.5 Å². The third-order valence-corrected chi connectivity index (χ3v) is 3.60. The second-order valence-electron chi connectivity index (χ2n) is 5.27. The molecule has 1 unspecified atom stereocenters. The molecular formula is C15H20N2O4. The summed E-state index contributed by atoms with van der Waals surface area (Å²) in [6.07, 6.45) is 2.15. The minimum atomic E-state index is -1.14. The van der Waals surface area contributed by atoms with Crippen LogP contribution in [0.1, 0.15) is 26.3 Å². The van der Waals surface area contributed by atoms with E-state index in [2.05, 4.69) is 20.8 Å². The Morgan fingerprint density at radius 1 is 1.38 bits per heavy atom. The predicted octanol–water partition coefficient (Wildman–Crippen LogP) is 3.17. The molecule has 0 saturated heterocycles. The van der Waals surface area contributed by atoms with Gasteiger partial charge in [0.1, 0.15) is 0 Å². The molecule has 0 aliphatic rings. The maximum Gasteiger partial charge on any atom is 0.328 e. The largest absolute Gasteiger partial charge is 0.478 e. The first-order valence-electron chi connectivity index (χ1n) is 6.66. The molecule has 21 heavy (non-hydrogen) atoms. The maximum absolute atomic E-state index is 11.0. The van der Waals surface area contributed by atoms with Crippen LogP contribution in [0.5, 0.6) is 0 Å². The Morgan fingerprint density at radius 2 is 2.00 bits per heavy atom. The number of nitro groups is 1. The van der Waals surface area contributed by atoms with E-state index in [1.165, 1.54) is 12.1 Å². The van der Waals surface area contributed by atoms with E-state index in [9.17, 15) is 14.9 Å². The highest BCUT2D eigenvalue weighted by Crippen LogP contribution is 2.27. The summed E-state index contributed by atoms with van der Waals surface area (Å²) in [7, 11) is 1.91. The summed E-state index contributed by atoms with van der Waals surface area (Å²) in [5.74, 6) is -0.721. The quantitative estimate of drug-likeness (QED) is 0.494. The van der Waals surface area contributed by atoms with Gasteiger partial charge >= 0.3 is 5.97 Å². The number of rotatable bonds is 6. The lowest BCUT2D eigenvalue weighted by atomic mass is 10.0. The lowest BCUT2D eigenvalue weighted by Gasteiger charge is -2.30. The molecule has 0 bridgehead atoms. The molecule has 6 nitrogen and oxygen atoms in total. The van der Waals surface area contributed by atoms with Crippen LogP contribution in [-0.4, -0.2) is 29.1 Å². The fraction of sp³-hybridized carbons (Fsp3) is 0.400. The first kappa shape index (κ1) is 16.7. The summed E-state index contributed by atoms with van der Waals surface area (Å²) in [5.41, 5.74) is 0.983. The van der Waals surface area contributed by atoms with Crippen molar-refractivity contribution in [3.8, 4) is 0 Å². The Labute approximate surface area is 123 Å². The molecule has 0 amide bonds. The minimum absolute atomic E-state index is 0.109. The van der Waals surface area contributed by atoms with E-state index in [4.69, 9.17) is 5.11 Å². The lowest BCUT2D eigenvalue weighted by molar-refractivity contribution is -0.385. The minimum Gasteiger partial charge on any atom is -0.478 e. The monoisotopic (exact) mass is 292 g/mol. The number of nitrogens with zero attached hydrogens (tertiary/aromatic N) is 2. The van der Waals surface area contributed by atoms with Gasteiger partial charge in [-0.1, -0.05) is 13.8 Å². The average Bonchev–Trinajstić information content (AvgIpc) is 2.42. The molecule has 1 atom stereocenters. The molecule has 1 aromatic carbocycles. The second-order valence-corrected chi connectivity index (χ2v) is 5.27. The third-order valence-electron chi connectivity index (χ3n) is 3.60. The molecule has 0 aliphatic carbocycles. The maximum atomic E-state index is 11.0. The summed E-state index contributed by atoms with van der Waals surface area (Å²) in [6.45, 7) is 6.26. The average molecular weight is 292 g/mol. The van der Waals surface area contributed by atoms with Gasteiger partial charge < -0.3 is 10.0 Å². The number of hydrogen-bond donors (Lipinski definition) is 1. The Bertz CT molecular complexity index is 567. The number of benzene rings is 1. The second kappa shape index (κ2) is 6.88. The van der Waals surface area contributed by atoms with Gasteiger partial charge in [0.25, 0.3) is 5.69 Å². The van der Waals surface area contributed by atoms with Gasteiger partial charge in [-0.05, 0) is 31.1 Å². The summed E-state index contributed by atoms with van der Waals surface area (Å²) >= 11 is 0. The molecule has 0 aromatic heterocycles. The van der Waals surface area contributed by atoms with Crippen molar-refractivity contribution in [3.05, 3.63) is 40.0 Å². The summed E-state index contributed by atoms with van der Waals surface area (Å²) in [5, 5.41) is 19.7. The zero-order valence-corrected chi connectivity index (χ0v) is 12.6. The molecular weight excluding hydrogens is 272 g/mol. The topological polar surface area (TPSA) is 83.7 Å². The highest BCUT2D eigenvalue weighted by atomic mass is 16.6. The molecule has 0 fully saturated rings. The SMILES string of the molecule is CC(C)C(C)N(C)c1ccc([N+](=O)[O-])c(/C=C/C(=O)O)c1. The zero-order valence-electron chi connectivity index (χ0n) is 12.6. The van der Waals surface area contributed by atoms with Crippen molar-refractivity contribution in [2.24, 2.45) is 5.92 Å². The van der Waals surface area contributed by atoms with Gasteiger partial charge in [0, 0.05) is 30.9 Å². The molecule has 0 radical (unpaired) electrons. The first-order valence-corrected chi connectivity index (χ1v) is 6.66. The van der Waals surface area contributed by atoms with Crippen molar-refractivity contribution in [3.63, 3.8) is 0 Å². The number of carboxylic acids is 1. The Kier molecular flexibility index (Phi) is 5.46. The first-order chi connectivity index (χ1) is 9.73. The van der Waals surface area contributed by atoms with E-state index in [1.807, 2.05) is 11.9 Å². The summed E-state index contributed by atoms with van der Waals surface area (Å²) in [4.78, 5) is 23.1. The molecule has 0 spiro atoms. The number of aliphatic carboxylic acids is 1. The standard InChI is InChI=1S/C15H20N2O4/c1-10(2)11(3)16(4)13-6-7-14(17(20)21)12(9-13)5-8-15(18)19/h5-11H,1-4H3,(H,18,19)/b8-5+. The van der Waals surface area contributed by atoms with Crippen molar-refractivity contribution in [2.45, 2.75) is 26.8 Å². The molecule has 114 valence electrons. The normalized spacial score (nSPS) is 12.6. The number of carbonyl (C=O) groups is 1. The molecule has 6 heteroatoms. The predicted molar refractivity (Wildman–Crippen MR) is 82.5 cm³/mol. The fourth-order valence-corrected chi connectivity index (χ4v) is 1.90. The highest BCUT2D eigenvalue weighted by molar-refractivity contribution is 5.86.